The van der Waals surface area contributed by atoms with Crippen molar-refractivity contribution in [1.82, 2.24) is 4.98 Å². The maximum atomic E-state index is 5.89. The molecule has 0 aliphatic carbocycles. The Kier molecular flexibility index (Phi) is 2.56. The lowest BCUT2D eigenvalue weighted by Gasteiger charge is -2.03. The zero-order chi connectivity index (χ0) is 12.7. The van der Waals surface area contributed by atoms with E-state index in [2.05, 4.69) is 24.0 Å². The number of para-hydroxylation sites is 1. The van der Waals surface area contributed by atoms with Crippen LogP contribution in [0.25, 0.3) is 21.9 Å². The molecule has 0 atom stereocenters. The van der Waals surface area contributed by atoms with Crippen molar-refractivity contribution in [3.63, 3.8) is 0 Å². The number of hydrogen-bond donors (Lipinski definition) is 0. The summed E-state index contributed by atoms with van der Waals surface area (Å²) < 4.78 is 11.0. The molecular formula is C15H15NO2. The number of benzene rings is 1. The number of pyridine rings is 1. The molecule has 0 aliphatic heterocycles. The third-order valence-electron chi connectivity index (χ3n) is 3.22. The van der Waals surface area contributed by atoms with Gasteiger partial charge in [-0.1, -0.05) is 12.1 Å². The SMILES string of the molecule is COCc1cc2c(C)nc3c(C)cccc3c2o1. The van der Waals surface area contributed by atoms with E-state index in [1.807, 2.05) is 19.1 Å². The standard InChI is InChI=1S/C15H15NO2/c1-9-5-4-6-12-14(9)16-10(2)13-7-11(8-17-3)18-15(12)13/h4-7H,8H2,1-3H3. The van der Waals surface area contributed by atoms with E-state index in [4.69, 9.17) is 9.15 Å². The summed E-state index contributed by atoms with van der Waals surface area (Å²) in [7, 11) is 1.67. The third kappa shape index (κ3) is 1.59. The number of aromatic nitrogens is 1. The van der Waals surface area contributed by atoms with Gasteiger partial charge in [0, 0.05) is 23.6 Å². The van der Waals surface area contributed by atoms with Crippen LogP contribution in [0.4, 0.5) is 0 Å². The fourth-order valence-corrected chi connectivity index (χ4v) is 2.34. The van der Waals surface area contributed by atoms with Crippen LogP contribution in [0.15, 0.2) is 28.7 Å². The van der Waals surface area contributed by atoms with Gasteiger partial charge in [-0.2, -0.15) is 0 Å². The van der Waals surface area contributed by atoms with E-state index in [1.165, 1.54) is 5.56 Å². The van der Waals surface area contributed by atoms with Gasteiger partial charge in [-0.3, -0.25) is 4.98 Å². The average molecular weight is 241 g/mol. The molecule has 0 aliphatic rings. The van der Waals surface area contributed by atoms with Gasteiger partial charge in [-0.15, -0.1) is 0 Å². The smallest absolute Gasteiger partial charge is 0.145 e. The van der Waals surface area contributed by atoms with E-state index < -0.39 is 0 Å². The zero-order valence-electron chi connectivity index (χ0n) is 10.8. The van der Waals surface area contributed by atoms with Gasteiger partial charge >= 0.3 is 0 Å². The maximum absolute atomic E-state index is 5.89. The van der Waals surface area contributed by atoms with Crippen LogP contribution in [0.2, 0.25) is 0 Å². The topological polar surface area (TPSA) is 35.3 Å². The molecule has 0 unspecified atom stereocenters. The fraction of sp³-hybridized carbons (Fsp3) is 0.267. The van der Waals surface area contributed by atoms with E-state index in [0.29, 0.717) is 6.61 Å². The summed E-state index contributed by atoms with van der Waals surface area (Å²) >= 11 is 0. The highest BCUT2D eigenvalue weighted by atomic mass is 16.5. The summed E-state index contributed by atoms with van der Waals surface area (Å²) in [6.45, 7) is 4.57. The molecule has 0 amide bonds. The van der Waals surface area contributed by atoms with Crippen LogP contribution >= 0.6 is 0 Å². The molecule has 2 heterocycles. The molecule has 3 nitrogen and oxygen atoms in total. The molecule has 0 radical (unpaired) electrons. The lowest BCUT2D eigenvalue weighted by molar-refractivity contribution is 0.166. The van der Waals surface area contributed by atoms with Crippen molar-refractivity contribution in [2.24, 2.45) is 0 Å². The summed E-state index contributed by atoms with van der Waals surface area (Å²) in [5.74, 6) is 0.839. The molecule has 1 aromatic carbocycles. The van der Waals surface area contributed by atoms with Gasteiger partial charge in [0.15, 0.2) is 0 Å². The Labute approximate surface area is 105 Å². The Morgan fingerprint density at radius 1 is 1.22 bits per heavy atom. The van der Waals surface area contributed by atoms with Crippen molar-refractivity contribution in [2.45, 2.75) is 20.5 Å². The van der Waals surface area contributed by atoms with Crippen molar-refractivity contribution in [1.29, 1.82) is 0 Å². The monoisotopic (exact) mass is 241 g/mol. The number of furan rings is 1. The molecular weight excluding hydrogens is 226 g/mol. The van der Waals surface area contributed by atoms with Crippen molar-refractivity contribution in [3.05, 3.63) is 41.3 Å². The number of aryl methyl sites for hydroxylation is 2. The van der Waals surface area contributed by atoms with Gasteiger partial charge in [-0.05, 0) is 31.5 Å². The Balaban J connectivity index is 2.41. The Bertz CT molecular complexity index is 728. The van der Waals surface area contributed by atoms with Crippen LogP contribution in [-0.4, -0.2) is 12.1 Å². The largest absolute Gasteiger partial charge is 0.458 e. The first-order chi connectivity index (χ1) is 8.70. The molecule has 18 heavy (non-hydrogen) atoms. The van der Waals surface area contributed by atoms with Crippen LogP contribution in [-0.2, 0) is 11.3 Å². The van der Waals surface area contributed by atoms with Crippen LogP contribution in [0, 0.1) is 13.8 Å². The minimum absolute atomic E-state index is 0.488. The van der Waals surface area contributed by atoms with E-state index in [9.17, 15) is 0 Å². The molecule has 0 N–H and O–H groups in total. The summed E-state index contributed by atoms with van der Waals surface area (Å²) in [5, 5.41) is 2.14. The minimum Gasteiger partial charge on any atom is -0.458 e. The number of fused-ring (bicyclic) bond motifs is 3. The highest BCUT2D eigenvalue weighted by Gasteiger charge is 2.12. The molecule has 3 aromatic rings. The van der Waals surface area contributed by atoms with Crippen LogP contribution in [0.5, 0.6) is 0 Å². The van der Waals surface area contributed by atoms with Crippen molar-refractivity contribution >= 4 is 21.9 Å². The lowest BCUT2D eigenvalue weighted by atomic mass is 10.1. The van der Waals surface area contributed by atoms with Gasteiger partial charge < -0.3 is 9.15 Å². The number of hydrogen-bond acceptors (Lipinski definition) is 3. The Morgan fingerprint density at radius 2 is 2.06 bits per heavy atom. The number of ether oxygens (including phenoxy) is 1. The predicted octanol–water partition coefficient (Wildman–Crippen LogP) is 3.74. The van der Waals surface area contributed by atoms with Crippen molar-refractivity contribution in [3.8, 4) is 0 Å². The van der Waals surface area contributed by atoms with Crippen LogP contribution in [0.3, 0.4) is 0 Å². The van der Waals surface area contributed by atoms with Crippen LogP contribution in [0.1, 0.15) is 17.0 Å². The number of rotatable bonds is 2. The first-order valence-electron chi connectivity index (χ1n) is 5.98. The second-order valence-electron chi connectivity index (χ2n) is 4.56. The maximum Gasteiger partial charge on any atom is 0.145 e. The normalized spacial score (nSPS) is 11.5. The second-order valence-corrected chi connectivity index (χ2v) is 4.56. The third-order valence-corrected chi connectivity index (χ3v) is 3.22. The highest BCUT2D eigenvalue weighted by Crippen LogP contribution is 2.30. The van der Waals surface area contributed by atoms with Crippen LogP contribution < -0.4 is 0 Å². The predicted molar refractivity (Wildman–Crippen MR) is 71.7 cm³/mol. The average Bonchev–Trinajstić information content (AvgIpc) is 2.76. The van der Waals surface area contributed by atoms with E-state index in [0.717, 1.165) is 33.3 Å². The first kappa shape index (κ1) is 11.2. The zero-order valence-corrected chi connectivity index (χ0v) is 10.8. The molecule has 2 aromatic heterocycles. The van der Waals surface area contributed by atoms with Gasteiger partial charge in [0.2, 0.25) is 0 Å². The number of nitrogens with zero attached hydrogens (tertiary/aromatic N) is 1. The van der Waals surface area contributed by atoms with Gasteiger partial charge in [0.25, 0.3) is 0 Å². The minimum atomic E-state index is 0.488. The molecule has 0 spiro atoms. The van der Waals surface area contributed by atoms with Gasteiger partial charge in [0.05, 0.1) is 5.52 Å². The summed E-state index contributed by atoms with van der Waals surface area (Å²) in [6, 6.07) is 8.17. The molecule has 0 saturated carbocycles. The van der Waals surface area contributed by atoms with Gasteiger partial charge in [0.1, 0.15) is 18.0 Å². The summed E-state index contributed by atoms with van der Waals surface area (Å²) in [5.41, 5.74) is 4.09. The van der Waals surface area contributed by atoms with Crippen molar-refractivity contribution in [2.75, 3.05) is 7.11 Å². The Morgan fingerprint density at radius 3 is 2.83 bits per heavy atom. The quantitative estimate of drug-likeness (QED) is 0.685. The molecule has 3 heteroatoms. The molecule has 0 saturated heterocycles. The van der Waals surface area contributed by atoms with Gasteiger partial charge in [-0.25, -0.2) is 0 Å². The van der Waals surface area contributed by atoms with E-state index in [1.54, 1.807) is 7.11 Å². The second kappa shape index (κ2) is 4.10. The van der Waals surface area contributed by atoms with Crippen molar-refractivity contribution < 1.29 is 9.15 Å². The van der Waals surface area contributed by atoms with E-state index >= 15 is 0 Å². The Hall–Kier alpha value is -1.87. The molecule has 0 fully saturated rings. The molecule has 92 valence electrons. The fourth-order valence-electron chi connectivity index (χ4n) is 2.34. The lowest BCUT2D eigenvalue weighted by Crippen LogP contribution is -1.87. The molecule has 0 bridgehead atoms. The number of methoxy groups -OCH3 is 1. The first-order valence-corrected chi connectivity index (χ1v) is 5.98. The highest BCUT2D eigenvalue weighted by molar-refractivity contribution is 6.04. The molecule has 3 rings (SSSR count). The summed E-state index contributed by atoms with van der Waals surface area (Å²) in [4.78, 5) is 4.68. The summed E-state index contributed by atoms with van der Waals surface area (Å²) in [6.07, 6.45) is 0. The van der Waals surface area contributed by atoms with E-state index in [-0.39, 0.29) is 0 Å².